The molecule has 1 spiro atoms. The van der Waals surface area contributed by atoms with Crippen molar-refractivity contribution in [2.45, 2.75) is 88.8 Å². The second-order valence-electron chi connectivity index (χ2n) is 7.67. The molecule has 3 nitrogen and oxygen atoms in total. The van der Waals surface area contributed by atoms with Gasteiger partial charge in [-0.2, -0.15) is 0 Å². The quantitative estimate of drug-likeness (QED) is 0.845. The van der Waals surface area contributed by atoms with Crippen LogP contribution >= 0.6 is 0 Å². The summed E-state index contributed by atoms with van der Waals surface area (Å²) in [7, 11) is 0. The van der Waals surface area contributed by atoms with Crippen molar-refractivity contribution in [1.82, 2.24) is 4.90 Å². The van der Waals surface area contributed by atoms with E-state index in [-0.39, 0.29) is 11.1 Å². The average molecular weight is 294 g/mol. The summed E-state index contributed by atoms with van der Waals surface area (Å²) in [6.07, 6.45) is 11.3. The van der Waals surface area contributed by atoms with Gasteiger partial charge in [0, 0.05) is 18.2 Å². The third-order valence-electron chi connectivity index (χ3n) is 6.88. The van der Waals surface area contributed by atoms with E-state index in [1.807, 2.05) is 0 Å². The second-order valence-corrected chi connectivity index (χ2v) is 7.67. The van der Waals surface area contributed by atoms with E-state index in [0.29, 0.717) is 12.0 Å². The topological polar surface area (TPSA) is 38.5 Å². The van der Waals surface area contributed by atoms with Gasteiger partial charge in [-0.1, -0.05) is 13.8 Å². The summed E-state index contributed by atoms with van der Waals surface area (Å²) >= 11 is 0. The zero-order valence-electron chi connectivity index (χ0n) is 14.1. The Hall–Kier alpha value is -0.120. The first-order valence-corrected chi connectivity index (χ1v) is 9.30. The average Bonchev–Trinajstić information content (AvgIpc) is 3.02. The van der Waals surface area contributed by atoms with Gasteiger partial charge in [-0.05, 0) is 76.8 Å². The molecular weight excluding hydrogens is 260 g/mol. The van der Waals surface area contributed by atoms with Crippen molar-refractivity contribution in [3.63, 3.8) is 0 Å². The zero-order valence-corrected chi connectivity index (χ0v) is 14.1. The van der Waals surface area contributed by atoms with E-state index in [4.69, 9.17) is 10.5 Å². The SMILES string of the molecule is CCC(CC)(C(N)C1CCOC2(CCC2)C1)N1CCCC1. The molecular formula is C18H34N2O. The highest BCUT2D eigenvalue weighted by Crippen LogP contribution is 2.47. The van der Waals surface area contributed by atoms with E-state index in [2.05, 4.69) is 18.7 Å². The molecule has 2 aliphatic heterocycles. The van der Waals surface area contributed by atoms with Gasteiger partial charge in [-0.3, -0.25) is 4.90 Å². The van der Waals surface area contributed by atoms with Crippen LogP contribution in [0.4, 0.5) is 0 Å². The van der Waals surface area contributed by atoms with Crippen LogP contribution in [0, 0.1) is 5.92 Å². The molecule has 0 aromatic heterocycles. The van der Waals surface area contributed by atoms with E-state index >= 15 is 0 Å². The fraction of sp³-hybridized carbons (Fsp3) is 1.00. The monoisotopic (exact) mass is 294 g/mol. The second kappa shape index (κ2) is 6.17. The lowest BCUT2D eigenvalue weighted by Gasteiger charge is -2.53. The summed E-state index contributed by atoms with van der Waals surface area (Å²) < 4.78 is 6.12. The number of ether oxygens (including phenoxy) is 1. The molecule has 0 aromatic rings. The Morgan fingerprint density at radius 2 is 1.86 bits per heavy atom. The highest BCUT2D eigenvalue weighted by molar-refractivity contribution is 5.05. The van der Waals surface area contributed by atoms with Gasteiger partial charge in [-0.25, -0.2) is 0 Å². The minimum absolute atomic E-state index is 0.221. The van der Waals surface area contributed by atoms with Crippen LogP contribution in [-0.2, 0) is 4.74 Å². The molecule has 3 fully saturated rings. The van der Waals surface area contributed by atoms with Gasteiger partial charge in [0.2, 0.25) is 0 Å². The predicted molar refractivity (Wildman–Crippen MR) is 87.4 cm³/mol. The van der Waals surface area contributed by atoms with Crippen molar-refractivity contribution in [2.75, 3.05) is 19.7 Å². The van der Waals surface area contributed by atoms with E-state index in [0.717, 1.165) is 6.61 Å². The Bertz CT molecular complexity index is 343. The first kappa shape index (κ1) is 15.8. The van der Waals surface area contributed by atoms with Crippen LogP contribution in [0.5, 0.6) is 0 Å². The number of hydrogen-bond donors (Lipinski definition) is 1. The van der Waals surface area contributed by atoms with Crippen molar-refractivity contribution in [2.24, 2.45) is 11.7 Å². The third-order valence-corrected chi connectivity index (χ3v) is 6.88. The first-order valence-electron chi connectivity index (χ1n) is 9.30. The van der Waals surface area contributed by atoms with Gasteiger partial charge in [-0.15, -0.1) is 0 Å². The van der Waals surface area contributed by atoms with Crippen LogP contribution in [-0.4, -0.2) is 41.8 Å². The summed E-state index contributed by atoms with van der Waals surface area (Å²) in [4.78, 5) is 2.72. The molecule has 21 heavy (non-hydrogen) atoms. The standard InChI is InChI=1S/C18H34N2O/c1-3-18(4-2,20-11-5-6-12-20)16(19)15-8-13-21-17(14-15)9-7-10-17/h15-16H,3-14,19H2,1-2H3. The lowest BCUT2D eigenvalue weighted by Crippen LogP contribution is -2.63. The van der Waals surface area contributed by atoms with Gasteiger partial charge in [0.05, 0.1) is 5.60 Å². The molecule has 122 valence electrons. The molecule has 2 heterocycles. The van der Waals surface area contributed by atoms with Gasteiger partial charge in [0.1, 0.15) is 0 Å². The molecule has 2 N–H and O–H groups in total. The van der Waals surface area contributed by atoms with Gasteiger partial charge < -0.3 is 10.5 Å². The molecule has 2 unspecified atom stereocenters. The summed E-state index contributed by atoms with van der Waals surface area (Å²) in [5.74, 6) is 0.652. The highest BCUT2D eigenvalue weighted by atomic mass is 16.5. The molecule has 3 aliphatic rings. The Balaban J connectivity index is 1.75. The molecule has 2 atom stereocenters. The largest absolute Gasteiger partial charge is 0.375 e. The van der Waals surface area contributed by atoms with Gasteiger partial charge >= 0.3 is 0 Å². The van der Waals surface area contributed by atoms with Gasteiger partial charge in [0.15, 0.2) is 0 Å². The molecule has 0 amide bonds. The van der Waals surface area contributed by atoms with Crippen molar-refractivity contribution >= 4 is 0 Å². The number of nitrogens with two attached hydrogens (primary N) is 1. The van der Waals surface area contributed by atoms with Crippen molar-refractivity contribution in [3.05, 3.63) is 0 Å². The zero-order chi connectivity index (χ0) is 14.9. The van der Waals surface area contributed by atoms with Gasteiger partial charge in [0.25, 0.3) is 0 Å². The van der Waals surface area contributed by atoms with Crippen LogP contribution in [0.25, 0.3) is 0 Å². The van der Waals surface area contributed by atoms with Crippen LogP contribution in [0.15, 0.2) is 0 Å². The summed E-state index contributed by atoms with van der Waals surface area (Å²) in [6.45, 7) is 8.13. The predicted octanol–water partition coefficient (Wildman–Crippen LogP) is 3.32. The summed E-state index contributed by atoms with van der Waals surface area (Å²) in [5, 5.41) is 0. The third kappa shape index (κ3) is 2.66. The maximum atomic E-state index is 6.93. The van der Waals surface area contributed by atoms with E-state index in [9.17, 15) is 0 Å². The van der Waals surface area contributed by atoms with Crippen LogP contribution in [0.1, 0.15) is 71.6 Å². The van der Waals surface area contributed by atoms with Crippen molar-refractivity contribution in [1.29, 1.82) is 0 Å². The molecule has 3 rings (SSSR count). The number of nitrogens with zero attached hydrogens (tertiary/aromatic N) is 1. The van der Waals surface area contributed by atoms with Crippen molar-refractivity contribution in [3.8, 4) is 0 Å². The molecule has 1 aliphatic carbocycles. The van der Waals surface area contributed by atoms with Crippen LogP contribution in [0.3, 0.4) is 0 Å². The molecule has 0 bridgehead atoms. The van der Waals surface area contributed by atoms with E-state index in [1.165, 1.54) is 70.9 Å². The van der Waals surface area contributed by atoms with E-state index in [1.54, 1.807) is 0 Å². The molecule has 0 aromatic carbocycles. The molecule has 0 radical (unpaired) electrons. The fourth-order valence-corrected chi connectivity index (χ4v) is 5.27. The smallest absolute Gasteiger partial charge is 0.0685 e. The van der Waals surface area contributed by atoms with Crippen LogP contribution in [0.2, 0.25) is 0 Å². The number of rotatable bonds is 5. The normalized spacial score (nSPS) is 31.3. The highest BCUT2D eigenvalue weighted by Gasteiger charge is 2.49. The fourth-order valence-electron chi connectivity index (χ4n) is 5.27. The number of likely N-dealkylation sites (tertiary alicyclic amines) is 1. The Morgan fingerprint density at radius 3 is 2.38 bits per heavy atom. The van der Waals surface area contributed by atoms with E-state index < -0.39 is 0 Å². The molecule has 1 saturated carbocycles. The summed E-state index contributed by atoms with van der Waals surface area (Å²) in [6, 6.07) is 0.312. The lowest BCUT2D eigenvalue weighted by molar-refractivity contribution is -0.151. The van der Waals surface area contributed by atoms with Crippen molar-refractivity contribution < 1.29 is 4.74 Å². The minimum atomic E-state index is 0.221. The maximum Gasteiger partial charge on any atom is 0.0685 e. The minimum Gasteiger partial charge on any atom is -0.375 e. The Labute approximate surface area is 130 Å². The Kier molecular flexibility index (Phi) is 4.63. The first-order chi connectivity index (χ1) is 10.2. The Morgan fingerprint density at radius 1 is 1.19 bits per heavy atom. The molecule has 2 saturated heterocycles. The maximum absolute atomic E-state index is 6.93. The molecule has 3 heteroatoms. The number of hydrogen-bond acceptors (Lipinski definition) is 3. The lowest BCUT2D eigenvalue weighted by atomic mass is 9.66. The van der Waals surface area contributed by atoms with Crippen LogP contribution < -0.4 is 5.73 Å². The summed E-state index contributed by atoms with van der Waals surface area (Å²) in [5.41, 5.74) is 7.38.